The highest BCUT2D eigenvalue weighted by Crippen LogP contribution is 2.18. The van der Waals surface area contributed by atoms with E-state index in [0.29, 0.717) is 11.3 Å². The zero-order valence-electron chi connectivity index (χ0n) is 10.2. The van der Waals surface area contributed by atoms with Crippen molar-refractivity contribution in [3.05, 3.63) is 57.7 Å². The Morgan fingerprint density at radius 1 is 1.15 bits per heavy atom. The summed E-state index contributed by atoms with van der Waals surface area (Å²) in [7, 11) is -3.65. The quantitative estimate of drug-likeness (QED) is 0.592. The van der Waals surface area contributed by atoms with Gasteiger partial charge in [0.05, 0.1) is 4.90 Å². The maximum atomic E-state index is 12.3. The van der Waals surface area contributed by atoms with Crippen LogP contribution in [-0.2, 0) is 10.0 Å². The number of thiocarbonyl (C=S) groups is 1. The molecule has 0 saturated heterocycles. The van der Waals surface area contributed by atoms with E-state index in [2.05, 4.69) is 27.3 Å². The van der Waals surface area contributed by atoms with Crippen LogP contribution in [0.1, 0.15) is 5.56 Å². The molecule has 20 heavy (non-hydrogen) atoms. The van der Waals surface area contributed by atoms with E-state index in [1.165, 1.54) is 12.1 Å². The zero-order chi connectivity index (χ0) is 14.8. The minimum Gasteiger partial charge on any atom is -0.389 e. The molecule has 0 bridgehead atoms. The van der Waals surface area contributed by atoms with E-state index in [4.69, 9.17) is 18.0 Å². The Labute approximate surface area is 136 Å². The number of nitrogens with one attached hydrogen (secondary N) is 1. The van der Waals surface area contributed by atoms with Crippen molar-refractivity contribution >= 4 is 55.5 Å². The van der Waals surface area contributed by atoms with Gasteiger partial charge < -0.3 is 5.73 Å². The van der Waals surface area contributed by atoms with Gasteiger partial charge in [-0.25, -0.2) is 8.42 Å². The van der Waals surface area contributed by atoms with Gasteiger partial charge in [-0.3, -0.25) is 4.72 Å². The molecule has 2 aromatic carbocycles. The molecule has 4 nitrogen and oxygen atoms in total. The first-order valence-corrected chi connectivity index (χ1v) is 8.54. The summed E-state index contributed by atoms with van der Waals surface area (Å²) in [5.74, 6) is 0. The fraction of sp³-hybridized carbons (Fsp3) is 0. The van der Waals surface area contributed by atoms with E-state index in [9.17, 15) is 8.42 Å². The Kier molecular flexibility index (Phi) is 4.61. The molecule has 2 rings (SSSR count). The number of rotatable bonds is 4. The third-order valence-electron chi connectivity index (χ3n) is 2.53. The third kappa shape index (κ3) is 3.68. The smallest absolute Gasteiger partial charge is 0.261 e. The summed E-state index contributed by atoms with van der Waals surface area (Å²) in [4.78, 5) is 0.290. The van der Waals surface area contributed by atoms with Crippen LogP contribution in [0.2, 0.25) is 0 Å². The zero-order valence-corrected chi connectivity index (χ0v) is 14.0. The van der Waals surface area contributed by atoms with Crippen LogP contribution in [0.4, 0.5) is 5.69 Å². The van der Waals surface area contributed by atoms with Crippen LogP contribution >= 0.6 is 34.8 Å². The highest BCUT2D eigenvalue weighted by Gasteiger charge is 2.15. The minimum absolute atomic E-state index is 0.126. The third-order valence-corrected chi connectivity index (χ3v) is 4.86. The van der Waals surface area contributed by atoms with Crippen LogP contribution in [0.5, 0.6) is 0 Å². The molecule has 7 heteroatoms. The van der Waals surface area contributed by atoms with Gasteiger partial charge in [-0.05, 0) is 59.0 Å². The summed E-state index contributed by atoms with van der Waals surface area (Å²) in [5, 5.41) is 0. The molecule has 0 atom stereocenters. The summed E-state index contributed by atoms with van der Waals surface area (Å²) in [6.07, 6.45) is 0. The molecule has 0 heterocycles. The first-order valence-electron chi connectivity index (χ1n) is 5.57. The highest BCUT2D eigenvalue weighted by atomic mass is 127. The first-order chi connectivity index (χ1) is 9.38. The molecule has 0 spiro atoms. The second-order valence-electron chi connectivity index (χ2n) is 4.00. The lowest BCUT2D eigenvalue weighted by Gasteiger charge is -2.09. The average molecular weight is 418 g/mol. The SMILES string of the molecule is NC(=S)c1cccc(S(=O)(=O)Nc2ccc(I)cc2)c1. The Morgan fingerprint density at radius 2 is 1.80 bits per heavy atom. The normalized spacial score (nSPS) is 11.1. The summed E-state index contributed by atoms with van der Waals surface area (Å²) in [5.41, 5.74) is 6.54. The maximum absolute atomic E-state index is 12.3. The molecule has 0 fully saturated rings. The lowest BCUT2D eigenvalue weighted by Crippen LogP contribution is -2.15. The van der Waals surface area contributed by atoms with Crippen molar-refractivity contribution in [2.24, 2.45) is 5.73 Å². The number of nitrogens with two attached hydrogens (primary N) is 1. The second kappa shape index (κ2) is 6.06. The molecule has 0 amide bonds. The van der Waals surface area contributed by atoms with Gasteiger partial charge in [0.2, 0.25) is 0 Å². The van der Waals surface area contributed by atoms with Crippen molar-refractivity contribution in [2.75, 3.05) is 4.72 Å². The van der Waals surface area contributed by atoms with Gasteiger partial charge >= 0.3 is 0 Å². The number of hydrogen-bond donors (Lipinski definition) is 2. The lowest BCUT2D eigenvalue weighted by atomic mass is 10.2. The molecule has 0 aromatic heterocycles. The summed E-state index contributed by atoms with van der Waals surface area (Å²) in [6.45, 7) is 0. The summed E-state index contributed by atoms with van der Waals surface area (Å²) in [6, 6.07) is 13.3. The Hall–Kier alpha value is -1.19. The molecule has 0 aliphatic rings. The molecule has 3 N–H and O–H groups in total. The second-order valence-corrected chi connectivity index (χ2v) is 7.37. The van der Waals surface area contributed by atoms with Crippen molar-refractivity contribution < 1.29 is 8.42 Å². The monoisotopic (exact) mass is 418 g/mol. The molecule has 2 aromatic rings. The average Bonchev–Trinajstić information content (AvgIpc) is 2.41. The van der Waals surface area contributed by atoms with Crippen LogP contribution in [0.15, 0.2) is 53.4 Å². The Morgan fingerprint density at radius 3 is 2.40 bits per heavy atom. The molecular formula is C13H11IN2O2S2. The van der Waals surface area contributed by atoms with Gasteiger partial charge in [-0.15, -0.1) is 0 Å². The van der Waals surface area contributed by atoms with Gasteiger partial charge in [0.1, 0.15) is 4.99 Å². The fourth-order valence-electron chi connectivity index (χ4n) is 1.55. The standard InChI is InChI=1S/C13H11IN2O2S2/c14-10-4-6-11(7-5-10)16-20(17,18)12-3-1-2-9(8-12)13(15)19/h1-8,16H,(H2,15,19). The van der Waals surface area contributed by atoms with Gasteiger partial charge in [0.25, 0.3) is 10.0 Å². The molecule has 0 saturated carbocycles. The molecular weight excluding hydrogens is 407 g/mol. The number of benzene rings is 2. The van der Waals surface area contributed by atoms with Crippen LogP contribution in [0, 0.1) is 3.57 Å². The van der Waals surface area contributed by atoms with Gasteiger partial charge in [0, 0.05) is 14.8 Å². The molecule has 0 aliphatic heterocycles. The number of anilines is 1. The van der Waals surface area contributed by atoms with E-state index in [-0.39, 0.29) is 9.88 Å². The Balaban J connectivity index is 2.33. The van der Waals surface area contributed by atoms with E-state index in [1.54, 1.807) is 24.3 Å². The summed E-state index contributed by atoms with van der Waals surface area (Å²) >= 11 is 7.00. The van der Waals surface area contributed by atoms with Gasteiger partial charge in [0.15, 0.2) is 0 Å². The van der Waals surface area contributed by atoms with Crippen molar-refractivity contribution in [1.82, 2.24) is 0 Å². The first kappa shape index (κ1) is 15.2. The van der Waals surface area contributed by atoms with Crippen LogP contribution in [0.3, 0.4) is 0 Å². The fourth-order valence-corrected chi connectivity index (χ4v) is 3.14. The lowest BCUT2D eigenvalue weighted by molar-refractivity contribution is 0.601. The highest BCUT2D eigenvalue weighted by molar-refractivity contribution is 14.1. The van der Waals surface area contributed by atoms with Crippen LogP contribution in [-0.4, -0.2) is 13.4 Å². The van der Waals surface area contributed by atoms with Crippen molar-refractivity contribution in [3.63, 3.8) is 0 Å². The topological polar surface area (TPSA) is 72.2 Å². The van der Waals surface area contributed by atoms with Gasteiger partial charge in [-0.2, -0.15) is 0 Å². The number of sulfonamides is 1. The van der Waals surface area contributed by atoms with Gasteiger partial charge in [-0.1, -0.05) is 24.4 Å². The van der Waals surface area contributed by atoms with E-state index in [1.807, 2.05) is 12.1 Å². The number of halogens is 1. The van der Waals surface area contributed by atoms with Crippen molar-refractivity contribution in [1.29, 1.82) is 0 Å². The predicted octanol–water partition coefficient (Wildman–Crippen LogP) is 2.73. The Bertz CT molecular complexity index is 743. The minimum atomic E-state index is -3.65. The van der Waals surface area contributed by atoms with E-state index >= 15 is 0 Å². The molecule has 0 radical (unpaired) electrons. The number of hydrogen-bond acceptors (Lipinski definition) is 3. The van der Waals surface area contributed by atoms with E-state index in [0.717, 1.165) is 3.57 Å². The van der Waals surface area contributed by atoms with Crippen molar-refractivity contribution in [2.45, 2.75) is 4.90 Å². The maximum Gasteiger partial charge on any atom is 0.261 e. The molecule has 0 aliphatic carbocycles. The molecule has 104 valence electrons. The van der Waals surface area contributed by atoms with Crippen LogP contribution in [0.25, 0.3) is 0 Å². The van der Waals surface area contributed by atoms with Crippen molar-refractivity contribution in [3.8, 4) is 0 Å². The van der Waals surface area contributed by atoms with E-state index < -0.39 is 10.0 Å². The largest absolute Gasteiger partial charge is 0.389 e. The van der Waals surface area contributed by atoms with Crippen LogP contribution < -0.4 is 10.5 Å². The summed E-state index contributed by atoms with van der Waals surface area (Å²) < 4.78 is 28.1. The predicted molar refractivity (Wildman–Crippen MR) is 92.3 cm³/mol. The molecule has 0 unspecified atom stereocenters.